The molecule has 0 amide bonds. The minimum absolute atomic E-state index is 0. The molecule has 4 rings (SSSR count). The van der Waals surface area contributed by atoms with Crippen LogP contribution in [-0.4, -0.2) is 14.9 Å². The summed E-state index contributed by atoms with van der Waals surface area (Å²) in [5.74, 6) is 3.18. The first-order chi connectivity index (χ1) is 13.4. The third-order valence-electron chi connectivity index (χ3n) is 8.03. The van der Waals surface area contributed by atoms with E-state index in [-0.39, 0.29) is 51.0 Å². The Labute approximate surface area is 223 Å². The van der Waals surface area contributed by atoms with Gasteiger partial charge in [0.1, 0.15) is 0 Å². The van der Waals surface area contributed by atoms with Crippen LogP contribution in [0.5, 0.6) is 0 Å². The Balaban J connectivity index is 0.00000160. The fourth-order valence-corrected chi connectivity index (χ4v) is 7.43. The summed E-state index contributed by atoms with van der Waals surface area (Å²) in [4.78, 5) is 0. The number of rotatable bonds is 7. The Bertz CT molecular complexity index is 661. The van der Waals surface area contributed by atoms with Crippen molar-refractivity contribution in [2.75, 3.05) is 6.61 Å². The average molecular weight is 559 g/mol. The molecule has 0 aliphatic heterocycles. The van der Waals surface area contributed by atoms with E-state index in [0.717, 1.165) is 30.3 Å². The van der Waals surface area contributed by atoms with Crippen LogP contribution in [0, 0.1) is 29.1 Å². The van der Waals surface area contributed by atoms with Gasteiger partial charge in [-0.1, -0.05) is 54.5 Å². The number of allylic oxidation sites excluding steroid dienone is 8. The van der Waals surface area contributed by atoms with E-state index >= 15 is 0 Å². The van der Waals surface area contributed by atoms with E-state index in [4.69, 9.17) is 4.43 Å². The molecule has 4 atom stereocenters. The molecule has 4 aliphatic rings. The van der Waals surface area contributed by atoms with E-state index in [1.54, 1.807) is 11.1 Å². The number of hydrogen-bond acceptors (Lipinski definition) is 1. The van der Waals surface area contributed by atoms with Crippen LogP contribution in [0.15, 0.2) is 47.6 Å². The third-order valence-corrected chi connectivity index (χ3v) is 9.10. The van der Waals surface area contributed by atoms with Crippen LogP contribution in [0.25, 0.3) is 0 Å². The second-order valence-corrected chi connectivity index (χ2v) is 15.4. The fraction of sp³-hybridized carbons (Fsp3) is 0.692. The second-order valence-electron chi connectivity index (χ2n) is 10.9. The predicted molar refractivity (Wildman–Crippen MR) is 123 cm³/mol. The normalized spacial score (nSPS) is 30.6. The van der Waals surface area contributed by atoms with Crippen molar-refractivity contribution in [1.29, 1.82) is 0 Å². The van der Waals surface area contributed by atoms with Gasteiger partial charge in [0.2, 0.25) is 0 Å². The van der Waals surface area contributed by atoms with Crippen molar-refractivity contribution in [3.05, 3.63) is 47.6 Å². The monoisotopic (exact) mass is 556 g/mol. The fourth-order valence-electron chi connectivity index (χ4n) is 6.67. The van der Waals surface area contributed by atoms with Crippen LogP contribution >= 0.6 is 0 Å². The summed E-state index contributed by atoms with van der Waals surface area (Å²) in [6.45, 7) is 10.5. The van der Waals surface area contributed by atoms with Crippen molar-refractivity contribution in [3.63, 3.8) is 0 Å². The molecule has 0 spiro atoms. The van der Waals surface area contributed by atoms with Crippen molar-refractivity contribution in [3.8, 4) is 0 Å². The zero-order valence-corrected chi connectivity index (χ0v) is 24.8. The molecular weight excluding hydrogens is 519 g/mol. The van der Waals surface area contributed by atoms with E-state index in [0.29, 0.717) is 5.41 Å². The van der Waals surface area contributed by atoms with Crippen molar-refractivity contribution in [2.45, 2.75) is 77.9 Å². The van der Waals surface area contributed by atoms with E-state index in [2.05, 4.69) is 63.0 Å². The molecule has 0 radical (unpaired) electrons. The van der Waals surface area contributed by atoms with Gasteiger partial charge in [-0.05, 0) is 100 Å². The van der Waals surface area contributed by atoms with Gasteiger partial charge in [-0.2, -0.15) is 0 Å². The molecule has 1 nitrogen and oxygen atoms in total. The average Bonchev–Trinajstić information content (AvgIpc) is 3.29. The predicted octanol–water partition coefficient (Wildman–Crippen LogP) is 1.45. The molecule has 4 aliphatic carbocycles. The zero-order valence-electron chi connectivity index (χ0n) is 19.8. The van der Waals surface area contributed by atoms with Gasteiger partial charge in [0.25, 0.3) is 0 Å². The standard InChI is InChI=1S/C26H40OSi.2ClH.Zr/c1-26(18-9-19-27-28(2,3)4,24-16-14-20-10-5-7-12-22(20)24)25-17-15-21-11-6-8-13-23(21)25;;;/h5-8,12-13,20-21,24-25H,9-11,14-19H2,1-4H3;2*1H;/q;;;+2/p-2. The summed E-state index contributed by atoms with van der Waals surface area (Å²) >= 11 is 0. The molecule has 2 fully saturated rings. The topological polar surface area (TPSA) is 9.23 Å². The minimum Gasteiger partial charge on any atom is -1.00 e. The van der Waals surface area contributed by atoms with Gasteiger partial charge < -0.3 is 29.2 Å². The Morgan fingerprint density at radius 3 is 1.81 bits per heavy atom. The van der Waals surface area contributed by atoms with Crippen LogP contribution in [0.4, 0.5) is 0 Å². The maximum Gasteiger partial charge on any atom is 2.00 e. The van der Waals surface area contributed by atoms with Crippen LogP contribution in [-0.2, 0) is 30.6 Å². The van der Waals surface area contributed by atoms with E-state index in [9.17, 15) is 0 Å². The van der Waals surface area contributed by atoms with Crippen LogP contribution in [0.3, 0.4) is 0 Å². The van der Waals surface area contributed by atoms with Crippen LogP contribution in [0.1, 0.15) is 58.3 Å². The summed E-state index contributed by atoms with van der Waals surface area (Å²) in [5, 5.41) is 0. The molecule has 0 aromatic heterocycles. The van der Waals surface area contributed by atoms with Gasteiger partial charge in [-0.3, -0.25) is 0 Å². The molecule has 0 heterocycles. The second kappa shape index (κ2) is 12.3. The summed E-state index contributed by atoms with van der Waals surface area (Å²) in [7, 11) is -1.41. The largest absolute Gasteiger partial charge is 2.00 e. The van der Waals surface area contributed by atoms with E-state index in [1.165, 1.54) is 51.4 Å². The first kappa shape index (κ1) is 29.6. The molecule has 5 heteroatoms. The third kappa shape index (κ3) is 6.60. The number of halogens is 2. The Hall–Kier alpha value is 0.600. The molecule has 31 heavy (non-hydrogen) atoms. The van der Waals surface area contributed by atoms with Crippen LogP contribution in [0.2, 0.25) is 19.6 Å². The molecule has 0 bridgehead atoms. The van der Waals surface area contributed by atoms with E-state index < -0.39 is 8.32 Å². The quantitative estimate of drug-likeness (QED) is 0.340. The van der Waals surface area contributed by atoms with Gasteiger partial charge >= 0.3 is 26.2 Å². The summed E-state index contributed by atoms with van der Waals surface area (Å²) in [5.41, 5.74) is 3.96. The van der Waals surface area contributed by atoms with Crippen LogP contribution < -0.4 is 24.8 Å². The molecule has 0 aromatic rings. The maximum absolute atomic E-state index is 6.25. The Morgan fingerprint density at radius 1 is 0.871 bits per heavy atom. The smallest absolute Gasteiger partial charge is 1.00 e. The van der Waals surface area contributed by atoms with Crippen molar-refractivity contribution < 1.29 is 55.4 Å². The number of fused-ring (bicyclic) bond motifs is 2. The number of hydrogen-bond donors (Lipinski definition) is 0. The van der Waals surface area contributed by atoms with Gasteiger partial charge in [0.15, 0.2) is 8.32 Å². The minimum atomic E-state index is -1.41. The zero-order chi connectivity index (χ0) is 19.8. The summed E-state index contributed by atoms with van der Waals surface area (Å²) in [6.07, 6.45) is 25.1. The van der Waals surface area contributed by atoms with E-state index in [1.807, 2.05) is 0 Å². The molecular formula is C26H40Cl2OSiZr. The SMILES string of the molecule is CC(CCCO[Si](C)(C)C)(C1CCC2CC=CC=C21)C1CCC2CC=CC=C21.[Cl-].[Cl-].[Zr+2]. The van der Waals surface area contributed by atoms with Crippen molar-refractivity contribution in [2.24, 2.45) is 29.1 Å². The van der Waals surface area contributed by atoms with Gasteiger partial charge in [0, 0.05) is 6.61 Å². The van der Waals surface area contributed by atoms with Gasteiger partial charge in [-0.25, -0.2) is 0 Å². The molecule has 0 N–H and O–H groups in total. The molecule has 2 saturated carbocycles. The summed E-state index contributed by atoms with van der Waals surface area (Å²) in [6, 6.07) is 0. The molecule has 0 saturated heterocycles. The van der Waals surface area contributed by atoms with Gasteiger partial charge in [0.05, 0.1) is 0 Å². The Kier molecular flexibility index (Phi) is 11.8. The molecule has 0 aromatic carbocycles. The van der Waals surface area contributed by atoms with Gasteiger partial charge in [-0.15, -0.1) is 0 Å². The van der Waals surface area contributed by atoms with Crippen molar-refractivity contribution >= 4 is 8.32 Å². The molecule has 4 unspecified atom stereocenters. The van der Waals surface area contributed by atoms with Crippen molar-refractivity contribution in [1.82, 2.24) is 0 Å². The summed E-state index contributed by atoms with van der Waals surface area (Å²) < 4.78 is 6.25. The first-order valence-corrected chi connectivity index (χ1v) is 15.2. The molecule has 172 valence electrons. The maximum atomic E-state index is 6.25. The first-order valence-electron chi connectivity index (χ1n) is 11.8. The Morgan fingerprint density at radius 2 is 1.35 bits per heavy atom.